The molecule has 138 valence electrons. The van der Waals surface area contributed by atoms with Gasteiger partial charge < -0.3 is 21.3 Å². The molecule has 0 saturated heterocycles. The van der Waals surface area contributed by atoms with Crippen LogP contribution in [-0.4, -0.2) is 32.1 Å². The molecule has 0 amide bonds. The summed E-state index contributed by atoms with van der Waals surface area (Å²) in [6, 6.07) is 12.6. The van der Waals surface area contributed by atoms with Gasteiger partial charge in [0.2, 0.25) is 5.95 Å². The first-order chi connectivity index (χ1) is 12.5. The Morgan fingerprint density at radius 2 is 1.70 bits per heavy atom. The van der Waals surface area contributed by atoms with E-state index in [4.69, 9.17) is 10.8 Å². The number of hydrogen-bond donors (Lipinski definition) is 4. The average Bonchev–Trinajstić information content (AvgIpc) is 2.62. The van der Waals surface area contributed by atoms with Gasteiger partial charge in [0.15, 0.2) is 0 Å². The molecule has 0 aliphatic rings. The average molecular weight is 387 g/mol. The molecule has 8 nitrogen and oxygen atoms in total. The minimum Gasteiger partial charge on any atom is -0.478 e. The van der Waals surface area contributed by atoms with E-state index in [1.165, 1.54) is 24.4 Å². The smallest absolute Gasteiger partial charge is 0.336 e. The van der Waals surface area contributed by atoms with Crippen LogP contribution in [-0.2, 0) is 0 Å². The van der Waals surface area contributed by atoms with Gasteiger partial charge in [0.1, 0.15) is 5.82 Å². The number of nitrogens with one attached hydrogen (secondary N) is 1. The summed E-state index contributed by atoms with van der Waals surface area (Å²) in [7, 11) is 0. The van der Waals surface area contributed by atoms with Crippen molar-refractivity contribution in [1.29, 1.82) is 0 Å². The second kappa shape index (κ2) is 8.15. The molecular formula is C18H15ClN4O4. The van der Waals surface area contributed by atoms with E-state index in [-0.39, 0.29) is 35.3 Å². The number of aromatic carboxylic acids is 2. The summed E-state index contributed by atoms with van der Waals surface area (Å²) < 4.78 is 0. The van der Waals surface area contributed by atoms with Crippen LogP contribution in [0.2, 0.25) is 0 Å². The first-order valence-corrected chi connectivity index (χ1v) is 7.51. The number of hydrogen-bond acceptors (Lipinski definition) is 6. The number of carboxylic acids is 2. The van der Waals surface area contributed by atoms with Gasteiger partial charge in [-0.1, -0.05) is 24.3 Å². The Bertz CT molecular complexity index is 1010. The third kappa shape index (κ3) is 4.31. The van der Waals surface area contributed by atoms with E-state index in [1.54, 1.807) is 30.3 Å². The summed E-state index contributed by atoms with van der Waals surface area (Å²) >= 11 is 0. The van der Waals surface area contributed by atoms with Gasteiger partial charge in [0, 0.05) is 23.0 Å². The number of nitrogens with two attached hydrogens (primary N) is 1. The first kappa shape index (κ1) is 19.7. The summed E-state index contributed by atoms with van der Waals surface area (Å²) in [5, 5.41) is 21.2. The molecule has 1 heterocycles. The quantitative estimate of drug-likeness (QED) is 0.524. The van der Waals surface area contributed by atoms with Crippen LogP contribution in [0.1, 0.15) is 20.7 Å². The zero-order valence-corrected chi connectivity index (χ0v) is 14.6. The van der Waals surface area contributed by atoms with Gasteiger partial charge in [-0.25, -0.2) is 14.6 Å². The fourth-order valence-corrected chi connectivity index (χ4v) is 2.43. The number of halogens is 1. The lowest BCUT2D eigenvalue weighted by Crippen LogP contribution is -2.05. The van der Waals surface area contributed by atoms with Crippen molar-refractivity contribution in [3.8, 4) is 11.1 Å². The van der Waals surface area contributed by atoms with Crippen molar-refractivity contribution in [1.82, 2.24) is 9.97 Å². The number of rotatable bonds is 5. The van der Waals surface area contributed by atoms with Gasteiger partial charge in [-0.05, 0) is 24.3 Å². The highest BCUT2D eigenvalue weighted by Gasteiger charge is 2.15. The molecule has 0 aliphatic heterocycles. The fraction of sp³-hybridized carbons (Fsp3) is 0. The Balaban J connectivity index is 0.00000261. The molecule has 0 radical (unpaired) electrons. The number of carbonyl (C=O) groups is 2. The van der Waals surface area contributed by atoms with Crippen LogP contribution in [0, 0.1) is 0 Å². The fourth-order valence-electron chi connectivity index (χ4n) is 2.43. The third-order valence-corrected chi connectivity index (χ3v) is 3.63. The number of carboxylic acid groups (broad SMARTS) is 2. The summed E-state index contributed by atoms with van der Waals surface area (Å²) in [6.45, 7) is 0. The third-order valence-electron chi connectivity index (χ3n) is 3.63. The number of anilines is 3. The van der Waals surface area contributed by atoms with Crippen molar-refractivity contribution in [2.24, 2.45) is 0 Å². The molecule has 0 fully saturated rings. The minimum absolute atomic E-state index is 0. The molecule has 0 spiro atoms. The topological polar surface area (TPSA) is 138 Å². The highest BCUT2D eigenvalue weighted by molar-refractivity contribution is 5.97. The molecule has 3 aromatic rings. The van der Waals surface area contributed by atoms with Gasteiger partial charge >= 0.3 is 11.9 Å². The van der Waals surface area contributed by atoms with Crippen molar-refractivity contribution >= 4 is 41.8 Å². The van der Waals surface area contributed by atoms with E-state index in [2.05, 4.69) is 15.3 Å². The summed E-state index contributed by atoms with van der Waals surface area (Å²) in [5.74, 6) is -1.85. The van der Waals surface area contributed by atoms with E-state index < -0.39 is 11.9 Å². The second-order valence-electron chi connectivity index (χ2n) is 5.35. The first-order valence-electron chi connectivity index (χ1n) is 7.51. The van der Waals surface area contributed by atoms with E-state index in [9.17, 15) is 14.7 Å². The Morgan fingerprint density at radius 1 is 0.963 bits per heavy atom. The molecule has 27 heavy (non-hydrogen) atoms. The lowest BCUT2D eigenvalue weighted by Gasteiger charge is -2.10. The highest BCUT2D eigenvalue weighted by Crippen LogP contribution is 2.28. The van der Waals surface area contributed by atoms with Crippen LogP contribution in [0.4, 0.5) is 17.5 Å². The molecule has 0 aliphatic carbocycles. The predicted octanol–water partition coefficient (Wildman–Crippen LogP) is 3.29. The molecule has 9 heteroatoms. The maximum atomic E-state index is 11.4. The number of benzene rings is 2. The Morgan fingerprint density at radius 3 is 2.37 bits per heavy atom. The molecular weight excluding hydrogens is 372 g/mol. The molecule has 5 N–H and O–H groups in total. The molecule has 0 atom stereocenters. The molecule has 0 saturated carbocycles. The number of nitrogen functional groups attached to an aromatic ring is 1. The lowest BCUT2D eigenvalue weighted by molar-refractivity contribution is 0.0686. The summed E-state index contributed by atoms with van der Waals surface area (Å²) in [5.41, 5.74) is 7.49. The predicted molar refractivity (Wildman–Crippen MR) is 103 cm³/mol. The zero-order valence-electron chi connectivity index (χ0n) is 13.8. The van der Waals surface area contributed by atoms with E-state index in [1.807, 2.05) is 0 Å². The van der Waals surface area contributed by atoms with Crippen LogP contribution >= 0.6 is 12.4 Å². The van der Waals surface area contributed by atoms with Crippen molar-refractivity contribution in [2.75, 3.05) is 11.1 Å². The van der Waals surface area contributed by atoms with Gasteiger partial charge in [0.25, 0.3) is 0 Å². The zero-order chi connectivity index (χ0) is 18.7. The van der Waals surface area contributed by atoms with Crippen molar-refractivity contribution < 1.29 is 19.8 Å². The Kier molecular flexibility index (Phi) is 5.94. The van der Waals surface area contributed by atoms with Gasteiger partial charge in [-0.15, -0.1) is 12.4 Å². The SMILES string of the molecule is Cl.Nc1nc(Nc2cccc(C(=O)O)c2)ncc1-c1ccccc1C(=O)O. The summed E-state index contributed by atoms with van der Waals surface area (Å²) in [4.78, 5) is 30.7. The maximum absolute atomic E-state index is 11.4. The largest absolute Gasteiger partial charge is 0.478 e. The Hall–Kier alpha value is -3.65. The number of aromatic nitrogens is 2. The van der Waals surface area contributed by atoms with E-state index in [0.717, 1.165) is 0 Å². The van der Waals surface area contributed by atoms with Gasteiger partial charge in [0.05, 0.1) is 11.1 Å². The Labute approximate surface area is 160 Å². The van der Waals surface area contributed by atoms with E-state index >= 15 is 0 Å². The molecule has 2 aromatic carbocycles. The normalized spacial score (nSPS) is 9.93. The second-order valence-corrected chi connectivity index (χ2v) is 5.35. The van der Waals surface area contributed by atoms with E-state index in [0.29, 0.717) is 16.8 Å². The lowest BCUT2D eigenvalue weighted by atomic mass is 10.0. The van der Waals surface area contributed by atoms with Crippen LogP contribution < -0.4 is 11.1 Å². The van der Waals surface area contributed by atoms with Crippen LogP contribution in [0.3, 0.4) is 0 Å². The van der Waals surface area contributed by atoms with Crippen molar-refractivity contribution in [3.05, 3.63) is 65.9 Å². The molecule has 0 bridgehead atoms. The van der Waals surface area contributed by atoms with Gasteiger partial charge in [-0.2, -0.15) is 4.98 Å². The maximum Gasteiger partial charge on any atom is 0.336 e. The van der Waals surface area contributed by atoms with Crippen molar-refractivity contribution in [3.63, 3.8) is 0 Å². The monoisotopic (exact) mass is 386 g/mol. The standard InChI is InChI=1S/C18H14N4O4.ClH/c19-15-14(12-6-1-2-7-13(12)17(25)26)9-20-18(22-15)21-11-5-3-4-10(8-11)16(23)24;/h1-9H,(H,23,24)(H,25,26)(H3,19,20,21,22);1H. The highest BCUT2D eigenvalue weighted by atomic mass is 35.5. The van der Waals surface area contributed by atoms with Crippen LogP contribution in [0.5, 0.6) is 0 Å². The molecule has 1 aromatic heterocycles. The van der Waals surface area contributed by atoms with Crippen LogP contribution in [0.15, 0.2) is 54.7 Å². The van der Waals surface area contributed by atoms with Gasteiger partial charge in [-0.3, -0.25) is 0 Å². The summed E-state index contributed by atoms with van der Waals surface area (Å²) in [6.07, 6.45) is 1.42. The molecule has 0 unspecified atom stereocenters. The minimum atomic E-state index is -1.08. The van der Waals surface area contributed by atoms with Crippen LogP contribution in [0.25, 0.3) is 11.1 Å². The molecule has 3 rings (SSSR count). The number of nitrogens with zero attached hydrogens (tertiary/aromatic N) is 2. The van der Waals surface area contributed by atoms with Crippen molar-refractivity contribution in [2.45, 2.75) is 0 Å².